The van der Waals surface area contributed by atoms with Crippen molar-refractivity contribution in [3.8, 4) is 17.0 Å². The molecular formula is C18H13N3O. The molecule has 0 amide bonds. The van der Waals surface area contributed by atoms with E-state index in [0.717, 1.165) is 40.5 Å². The highest BCUT2D eigenvalue weighted by atomic mass is 16.3. The lowest BCUT2D eigenvalue weighted by Gasteiger charge is -2.24. The molecule has 0 unspecified atom stereocenters. The van der Waals surface area contributed by atoms with Gasteiger partial charge in [0, 0.05) is 16.3 Å². The number of phenols is 1. The molecule has 4 nitrogen and oxygen atoms in total. The predicted molar refractivity (Wildman–Crippen MR) is 85.9 cm³/mol. The Hall–Kier alpha value is -2.88. The number of hydrogen-bond acceptors (Lipinski definition) is 3. The third kappa shape index (κ3) is 1.46. The van der Waals surface area contributed by atoms with Crippen LogP contribution in [0.2, 0.25) is 0 Å². The molecule has 0 bridgehead atoms. The molecule has 1 aliphatic carbocycles. The van der Waals surface area contributed by atoms with Gasteiger partial charge in [-0.05, 0) is 60.4 Å². The zero-order valence-corrected chi connectivity index (χ0v) is 11.8. The molecule has 0 fully saturated rings. The molecule has 0 radical (unpaired) electrons. The van der Waals surface area contributed by atoms with Crippen LogP contribution in [-0.4, -0.2) is 20.3 Å². The van der Waals surface area contributed by atoms with Crippen molar-refractivity contribution < 1.29 is 5.11 Å². The molecule has 2 aromatic heterocycles. The van der Waals surface area contributed by atoms with Gasteiger partial charge in [-0.1, -0.05) is 0 Å². The van der Waals surface area contributed by atoms with Crippen molar-refractivity contribution in [2.75, 3.05) is 0 Å². The van der Waals surface area contributed by atoms with Gasteiger partial charge in [0.2, 0.25) is 0 Å². The fraction of sp³-hybridized carbons (Fsp3) is 0.111. The maximum Gasteiger partial charge on any atom is 0.115 e. The number of H-pyrrole nitrogens is 1. The van der Waals surface area contributed by atoms with Crippen molar-refractivity contribution in [3.05, 3.63) is 53.7 Å². The minimum atomic E-state index is 0.281. The Morgan fingerprint density at radius 3 is 2.55 bits per heavy atom. The van der Waals surface area contributed by atoms with Crippen LogP contribution in [0.15, 0.2) is 42.6 Å². The molecule has 106 valence electrons. The lowest BCUT2D eigenvalue weighted by Crippen LogP contribution is -2.12. The van der Waals surface area contributed by atoms with Gasteiger partial charge in [-0.25, -0.2) is 4.98 Å². The van der Waals surface area contributed by atoms with Crippen molar-refractivity contribution >= 4 is 21.8 Å². The van der Waals surface area contributed by atoms with Gasteiger partial charge in [0.15, 0.2) is 0 Å². The molecule has 0 atom stereocenters. The first-order valence-corrected chi connectivity index (χ1v) is 7.38. The van der Waals surface area contributed by atoms with E-state index in [1.165, 1.54) is 16.5 Å². The first-order valence-electron chi connectivity index (χ1n) is 7.38. The van der Waals surface area contributed by atoms with Crippen LogP contribution in [0, 0.1) is 0 Å². The zero-order valence-electron chi connectivity index (χ0n) is 11.8. The summed E-state index contributed by atoms with van der Waals surface area (Å²) >= 11 is 0. The van der Waals surface area contributed by atoms with E-state index >= 15 is 0 Å². The number of benzene rings is 2. The van der Waals surface area contributed by atoms with Gasteiger partial charge in [0.25, 0.3) is 0 Å². The molecule has 2 aromatic carbocycles. The van der Waals surface area contributed by atoms with Gasteiger partial charge < -0.3 is 5.11 Å². The highest BCUT2D eigenvalue weighted by Crippen LogP contribution is 2.39. The summed E-state index contributed by atoms with van der Waals surface area (Å²) in [6.45, 7) is 0. The van der Waals surface area contributed by atoms with Gasteiger partial charge in [-0.2, -0.15) is 5.10 Å². The summed E-state index contributed by atoms with van der Waals surface area (Å²) in [7, 11) is 0. The third-order valence-electron chi connectivity index (χ3n) is 4.55. The number of aromatic nitrogens is 3. The third-order valence-corrected chi connectivity index (χ3v) is 4.55. The fourth-order valence-corrected chi connectivity index (χ4v) is 3.37. The van der Waals surface area contributed by atoms with E-state index in [-0.39, 0.29) is 5.75 Å². The summed E-state index contributed by atoms with van der Waals surface area (Å²) < 4.78 is 0. The van der Waals surface area contributed by atoms with Gasteiger partial charge in [0.1, 0.15) is 5.75 Å². The normalized spacial score (nSPS) is 13.3. The smallest absolute Gasteiger partial charge is 0.115 e. The quantitative estimate of drug-likeness (QED) is 0.562. The number of aryl methyl sites for hydroxylation is 1. The Kier molecular flexibility index (Phi) is 2.17. The van der Waals surface area contributed by atoms with Gasteiger partial charge in [-0.3, -0.25) is 5.10 Å². The summed E-state index contributed by atoms with van der Waals surface area (Å²) in [5.74, 6) is 0.281. The molecule has 5 rings (SSSR count). The number of nitrogens with zero attached hydrogens (tertiary/aromatic N) is 2. The minimum Gasteiger partial charge on any atom is -0.508 e. The fourth-order valence-electron chi connectivity index (χ4n) is 3.37. The highest BCUT2D eigenvalue weighted by molar-refractivity contribution is 6.08. The highest BCUT2D eigenvalue weighted by Gasteiger charge is 2.24. The van der Waals surface area contributed by atoms with Crippen LogP contribution >= 0.6 is 0 Å². The van der Waals surface area contributed by atoms with E-state index in [4.69, 9.17) is 4.98 Å². The summed E-state index contributed by atoms with van der Waals surface area (Å²) in [6, 6.07) is 11.4. The topological polar surface area (TPSA) is 61.8 Å². The average Bonchev–Trinajstić information content (AvgIpc) is 2.96. The van der Waals surface area contributed by atoms with Crippen LogP contribution in [-0.2, 0) is 12.8 Å². The summed E-state index contributed by atoms with van der Waals surface area (Å²) in [5.41, 5.74) is 6.88. The molecule has 0 spiro atoms. The van der Waals surface area contributed by atoms with Crippen LogP contribution in [0.3, 0.4) is 0 Å². The molecule has 0 aliphatic heterocycles. The van der Waals surface area contributed by atoms with Crippen molar-refractivity contribution in [1.29, 1.82) is 0 Å². The van der Waals surface area contributed by atoms with Crippen molar-refractivity contribution in [3.63, 3.8) is 0 Å². The maximum absolute atomic E-state index is 9.48. The molecule has 0 saturated heterocycles. The lowest BCUT2D eigenvalue weighted by atomic mass is 9.82. The number of aromatic hydroxyl groups is 1. The van der Waals surface area contributed by atoms with Crippen molar-refractivity contribution in [2.24, 2.45) is 0 Å². The number of nitrogens with one attached hydrogen (secondary N) is 1. The summed E-state index contributed by atoms with van der Waals surface area (Å²) in [4.78, 5) is 4.89. The molecule has 2 heterocycles. The minimum absolute atomic E-state index is 0.281. The van der Waals surface area contributed by atoms with E-state index in [9.17, 15) is 5.11 Å². The largest absolute Gasteiger partial charge is 0.508 e. The number of phenolic OH excluding ortho intramolecular Hbond substituents is 1. The van der Waals surface area contributed by atoms with E-state index in [0.29, 0.717) is 0 Å². The Morgan fingerprint density at radius 2 is 1.77 bits per heavy atom. The van der Waals surface area contributed by atoms with Gasteiger partial charge in [-0.15, -0.1) is 0 Å². The second kappa shape index (κ2) is 4.07. The van der Waals surface area contributed by atoms with Crippen LogP contribution < -0.4 is 0 Å². The number of pyridine rings is 1. The molecule has 4 aromatic rings. The molecule has 1 aliphatic rings. The monoisotopic (exact) mass is 287 g/mol. The van der Waals surface area contributed by atoms with E-state index in [1.807, 2.05) is 24.4 Å². The molecule has 0 saturated carbocycles. The summed E-state index contributed by atoms with van der Waals surface area (Å²) in [5, 5.41) is 19.0. The predicted octanol–water partition coefficient (Wildman–Crippen LogP) is 3.58. The Labute approximate surface area is 126 Å². The number of fused-ring (bicyclic) bond motifs is 5. The first kappa shape index (κ1) is 11.7. The van der Waals surface area contributed by atoms with Gasteiger partial charge >= 0.3 is 0 Å². The number of aromatic amines is 1. The van der Waals surface area contributed by atoms with E-state index < -0.39 is 0 Å². The molecule has 2 N–H and O–H groups in total. The zero-order chi connectivity index (χ0) is 14.7. The standard InChI is InChI=1S/C18H13N3O/c22-11-3-1-10(2-4-11)18-13-6-5-12(13)17-14-9-19-21-15(14)7-8-16(17)20-18/h1-4,7-9,22H,5-6H2,(H,19,21). The second-order valence-electron chi connectivity index (χ2n) is 5.76. The number of rotatable bonds is 1. The van der Waals surface area contributed by atoms with Crippen molar-refractivity contribution in [2.45, 2.75) is 12.8 Å². The Morgan fingerprint density at radius 1 is 0.955 bits per heavy atom. The van der Waals surface area contributed by atoms with E-state index in [1.54, 1.807) is 12.1 Å². The van der Waals surface area contributed by atoms with Crippen LogP contribution in [0.5, 0.6) is 5.75 Å². The molecule has 22 heavy (non-hydrogen) atoms. The molecule has 4 heteroatoms. The Bertz CT molecular complexity index is 1030. The molecular weight excluding hydrogens is 274 g/mol. The second-order valence-corrected chi connectivity index (χ2v) is 5.76. The number of hydrogen-bond donors (Lipinski definition) is 2. The Balaban J connectivity index is 1.86. The first-order chi connectivity index (χ1) is 10.8. The van der Waals surface area contributed by atoms with Crippen LogP contribution in [0.4, 0.5) is 0 Å². The summed E-state index contributed by atoms with van der Waals surface area (Å²) in [6.07, 6.45) is 4.03. The van der Waals surface area contributed by atoms with Crippen LogP contribution in [0.25, 0.3) is 33.1 Å². The van der Waals surface area contributed by atoms with Gasteiger partial charge in [0.05, 0.1) is 22.9 Å². The lowest BCUT2D eigenvalue weighted by molar-refractivity contribution is 0.475. The SMILES string of the molecule is Oc1ccc(-c2nc3ccc4[nH]ncc4c3c3c2CC3)cc1. The van der Waals surface area contributed by atoms with Crippen LogP contribution in [0.1, 0.15) is 11.1 Å². The van der Waals surface area contributed by atoms with Crippen molar-refractivity contribution in [1.82, 2.24) is 15.2 Å². The van der Waals surface area contributed by atoms with E-state index in [2.05, 4.69) is 16.3 Å². The maximum atomic E-state index is 9.48. The average molecular weight is 287 g/mol.